The van der Waals surface area contributed by atoms with Gasteiger partial charge in [0.15, 0.2) is 0 Å². The van der Waals surface area contributed by atoms with Crippen molar-refractivity contribution in [1.29, 1.82) is 0 Å². The van der Waals surface area contributed by atoms with Crippen LogP contribution >= 0.6 is 11.6 Å². The van der Waals surface area contributed by atoms with Crippen molar-refractivity contribution in [1.82, 2.24) is 10.3 Å². The average Bonchev–Trinajstić information content (AvgIpc) is 2.88. The van der Waals surface area contributed by atoms with E-state index in [1.54, 1.807) is 31.5 Å². The first-order valence-corrected chi connectivity index (χ1v) is 5.73. The summed E-state index contributed by atoms with van der Waals surface area (Å²) >= 11 is 5.82. The molecule has 0 aliphatic carbocycles. The van der Waals surface area contributed by atoms with E-state index in [1.165, 1.54) is 6.07 Å². The van der Waals surface area contributed by atoms with Gasteiger partial charge in [0, 0.05) is 12.6 Å². The van der Waals surface area contributed by atoms with Crippen LogP contribution < -0.4 is 10.6 Å². The van der Waals surface area contributed by atoms with Gasteiger partial charge < -0.3 is 15.1 Å². The molecular formula is C12H12ClN3O2. The number of nitrogens with zero attached hydrogens (tertiary/aromatic N) is 1. The molecule has 1 amide bonds. The summed E-state index contributed by atoms with van der Waals surface area (Å²) in [4.78, 5) is 15.9. The topological polar surface area (TPSA) is 67.2 Å². The molecule has 2 aromatic rings. The van der Waals surface area contributed by atoms with Crippen molar-refractivity contribution in [2.45, 2.75) is 6.54 Å². The molecule has 0 atom stereocenters. The Balaban J connectivity index is 2.06. The molecular weight excluding hydrogens is 254 g/mol. The van der Waals surface area contributed by atoms with E-state index >= 15 is 0 Å². The number of amides is 1. The van der Waals surface area contributed by atoms with E-state index in [4.69, 9.17) is 16.0 Å². The zero-order chi connectivity index (χ0) is 13.0. The van der Waals surface area contributed by atoms with Crippen LogP contribution in [-0.4, -0.2) is 17.9 Å². The highest BCUT2D eigenvalue weighted by Gasteiger charge is 2.09. The van der Waals surface area contributed by atoms with Crippen LogP contribution in [-0.2, 0) is 6.54 Å². The minimum atomic E-state index is -0.229. The summed E-state index contributed by atoms with van der Waals surface area (Å²) in [5.74, 6) is 1.01. The van der Waals surface area contributed by atoms with Crippen molar-refractivity contribution in [2.24, 2.45) is 0 Å². The quantitative estimate of drug-likeness (QED) is 0.833. The van der Waals surface area contributed by atoms with Crippen LogP contribution in [0.15, 0.2) is 34.9 Å². The maximum Gasteiger partial charge on any atom is 0.251 e. The standard InChI is InChI=1S/C12H12ClN3O2/c1-14-11-6-8(5-10(13)16-11)12(17)15-7-9-3-2-4-18-9/h2-6H,7H2,1H3,(H,14,16)(H,15,17). The second-order valence-corrected chi connectivity index (χ2v) is 3.96. The van der Waals surface area contributed by atoms with E-state index < -0.39 is 0 Å². The number of nitrogens with one attached hydrogen (secondary N) is 2. The first-order valence-electron chi connectivity index (χ1n) is 5.35. The number of pyridine rings is 1. The molecule has 2 aromatic heterocycles. The Morgan fingerprint density at radius 3 is 3.00 bits per heavy atom. The molecule has 0 spiro atoms. The molecule has 0 saturated carbocycles. The third-order valence-corrected chi connectivity index (χ3v) is 2.51. The van der Waals surface area contributed by atoms with Gasteiger partial charge in [-0.25, -0.2) is 4.98 Å². The van der Waals surface area contributed by atoms with E-state index in [0.29, 0.717) is 23.7 Å². The largest absolute Gasteiger partial charge is 0.467 e. The summed E-state index contributed by atoms with van der Waals surface area (Å²) in [7, 11) is 1.71. The lowest BCUT2D eigenvalue weighted by molar-refractivity contribution is 0.0948. The Bertz CT molecular complexity index is 540. The van der Waals surface area contributed by atoms with Gasteiger partial charge in [-0.2, -0.15) is 0 Å². The summed E-state index contributed by atoms with van der Waals surface area (Å²) in [6.45, 7) is 0.334. The molecule has 0 aromatic carbocycles. The zero-order valence-electron chi connectivity index (χ0n) is 9.74. The molecule has 5 nitrogen and oxygen atoms in total. The van der Waals surface area contributed by atoms with E-state index in [0.717, 1.165) is 0 Å². The van der Waals surface area contributed by atoms with E-state index in [-0.39, 0.29) is 11.1 Å². The third kappa shape index (κ3) is 3.01. The first-order chi connectivity index (χ1) is 8.69. The van der Waals surface area contributed by atoms with Crippen molar-refractivity contribution >= 4 is 23.3 Å². The molecule has 0 aliphatic heterocycles. The predicted octanol–water partition coefficient (Wildman–Crippen LogP) is 2.30. The van der Waals surface area contributed by atoms with Crippen LogP contribution in [0.4, 0.5) is 5.82 Å². The van der Waals surface area contributed by atoms with Crippen molar-refractivity contribution in [3.8, 4) is 0 Å². The molecule has 0 fully saturated rings. The van der Waals surface area contributed by atoms with Gasteiger partial charge in [0.1, 0.15) is 16.7 Å². The van der Waals surface area contributed by atoms with Crippen molar-refractivity contribution in [3.05, 3.63) is 47.0 Å². The van der Waals surface area contributed by atoms with Gasteiger partial charge in [-0.15, -0.1) is 0 Å². The van der Waals surface area contributed by atoms with Gasteiger partial charge in [-0.3, -0.25) is 4.79 Å². The molecule has 2 rings (SSSR count). The van der Waals surface area contributed by atoms with Gasteiger partial charge in [-0.05, 0) is 24.3 Å². The van der Waals surface area contributed by atoms with Crippen LogP contribution in [0.1, 0.15) is 16.1 Å². The van der Waals surface area contributed by atoms with Crippen LogP contribution in [0.3, 0.4) is 0 Å². The summed E-state index contributed by atoms with van der Waals surface area (Å²) < 4.78 is 5.12. The number of aromatic nitrogens is 1. The number of furan rings is 1. The van der Waals surface area contributed by atoms with Gasteiger partial charge >= 0.3 is 0 Å². The number of carbonyl (C=O) groups is 1. The minimum Gasteiger partial charge on any atom is -0.467 e. The number of halogens is 1. The van der Waals surface area contributed by atoms with Crippen molar-refractivity contribution in [3.63, 3.8) is 0 Å². The SMILES string of the molecule is CNc1cc(C(=O)NCc2ccco2)cc(Cl)n1. The number of carbonyl (C=O) groups excluding carboxylic acids is 1. The monoisotopic (exact) mass is 265 g/mol. The molecule has 0 unspecified atom stereocenters. The van der Waals surface area contributed by atoms with Gasteiger partial charge in [0.2, 0.25) is 0 Å². The molecule has 18 heavy (non-hydrogen) atoms. The lowest BCUT2D eigenvalue weighted by Crippen LogP contribution is -2.22. The predicted molar refractivity (Wildman–Crippen MR) is 68.7 cm³/mol. The second-order valence-electron chi connectivity index (χ2n) is 3.58. The summed E-state index contributed by atoms with van der Waals surface area (Å²) in [6, 6.07) is 6.70. The first kappa shape index (κ1) is 12.4. The lowest BCUT2D eigenvalue weighted by atomic mass is 10.2. The fourth-order valence-corrected chi connectivity index (χ4v) is 1.65. The molecule has 94 valence electrons. The maximum absolute atomic E-state index is 11.9. The highest BCUT2D eigenvalue weighted by atomic mass is 35.5. The molecule has 0 bridgehead atoms. The van der Waals surface area contributed by atoms with Crippen LogP contribution in [0.2, 0.25) is 5.15 Å². The number of hydrogen-bond acceptors (Lipinski definition) is 4. The summed E-state index contributed by atoms with van der Waals surface area (Å²) in [5, 5.41) is 5.84. The fourth-order valence-electron chi connectivity index (χ4n) is 1.44. The Morgan fingerprint density at radius 1 is 1.50 bits per heavy atom. The van der Waals surface area contributed by atoms with Crippen LogP contribution in [0, 0.1) is 0 Å². The Morgan fingerprint density at radius 2 is 2.33 bits per heavy atom. The highest BCUT2D eigenvalue weighted by Crippen LogP contribution is 2.14. The van der Waals surface area contributed by atoms with E-state index in [1.807, 2.05) is 0 Å². The summed E-state index contributed by atoms with van der Waals surface area (Å²) in [5.41, 5.74) is 0.450. The lowest BCUT2D eigenvalue weighted by Gasteiger charge is -2.06. The number of anilines is 1. The van der Waals surface area contributed by atoms with Gasteiger partial charge in [0.25, 0.3) is 5.91 Å². The highest BCUT2D eigenvalue weighted by molar-refractivity contribution is 6.29. The number of hydrogen-bond donors (Lipinski definition) is 2. The Kier molecular flexibility index (Phi) is 3.84. The Labute approximate surface area is 109 Å². The van der Waals surface area contributed by atoms with Crippen LogP contribution in [0.5, 0.6) is 0 Å². The minimum absolute atomic E-state index is 0.229. The maximum atomic E-state index is 11.9. The molecule has 2 heterocycles. The zero-order valence-corrected chi connectivity index (χ0v) is 10.5. The second kappa shape index (κ2) is 5.55. The normalized spacial score (nSPS) is 10.1. The average molecular weight is 266 g/mol. The Hall–Kier alpha value is -2.01. The summed E-state index contributed by atoms with van der Waals surface area (Å²) in [6.07, 6.45) is 1.56. The molecule has 6 heteroatoms. The molecule has 0 radical (unpaired) electrons. The third-order valence-electron chi connectivity index (χ3n) is 2.32. The molecule has 0 aliphatic rings. The smallest absolute Gasteiger partial charge is 0.251 e. The van der Waals surface area contributed by atoms with Crippen molar-refractivity contribution in [2.75, 3.05) is 12.4 Å². The van der Waals surface area contributed by atoms with Crippen molar-refractivity contribution < 1.29 is 9.21 Å². The number of rotatable bonds is 4. The molecule has 0 saturated heterocycles. The van der Waals surface area contributed by atoms with E-state index in [2.05, 4.69) is 15.6 Å². The van der Waals surface area contributed by atoms with Gasteiger partial charge in [0.05, 0.1) is 12.8 Å². The van der Waals surface area contributed by atoms with Crippen LogP contribution in [0.25, 0.3) is 0 Å². The van der Waals surface area contributed by atoms with Gasteiger partial charge in [-0.1, -0.05) is 11.6 Å². The van der Waals surface area contributed by atoms with E-state index in [9.17, 15) is 4.79 Å². The fraction of sp³-hybridized carbons (Fsp3) is 0.167. The molecule has 2 N–H and O–H groups in total.